The van der Waals surface area contributed by atoms with Gasteiger partial charge in [-0.05, 0) is 12.2 Å². The fourth-order valence-electron chi connectivity index (χ4n) is 0.789. The SMILES string of the molecule is COC1=CC(=N/Br)/C=CC/1=N\Br. The Morgan fingerprint density at radius 1 is 1.25 bits per heavy atom. The molecule has 0 aromatic carbocycles. The predicted octanol–water partition coefficient (Wildman–Crippen LogP) is 2.59. The van der Waals surface area contributed by atoms with Gasteiger partial charge in [-0.25, -0.2) is 8.04 Å². The van der Waals surface area contributed by atoms with Gasteiger partial charge in [0.1, 0.15) is 11.5 Å². The molecule has 0 heterocycles. The number of allylic oxidation sites excluding steroid dienone is 3. The van der Waals surface area contributed by atoms with Crippen LogP contribution in [0.15, 0.2) is 32.0 Å². The van der Waals surface area contributed by atoms with Gasteiger partial charge in [-0.1, -0.05) is 0 Å². The van der Waals surface area contributed by atoms with Crippen molar-refractivity contribution in [3.63, 3.8) is 0 Å². The van der Waals surface area contributed by atoms with Crippen molar-refractivity contribution in [3.05, 3.63) is 24.0 Å². The standard InChI is InChI=1S/C7H6Br2N2O/c1-12-7-4-5(10-8)2-3-6(7)11-9/h2-4H,1H3/b10-5+,11-6+. The Labute approximate surface area is 87.6 Å². The lowest BCUT2D eigenvalue weighted by Crippen LogP contribution is -2.08. The van der Waals surface area contributed by atoms with E-state index in [1.807, 2.05) is 12.2 Å². The monoisotopic (exact) mass is 292 g/mol. The molecule has 64 valence electrons. The Morgan fingerprint density at radius 3 is 2.50 bits per heavy atom. The molecule has 0 aromatic heterocycles. The Balaban J connectivity index is 2.99. The number of rotatable bonds is 1. The van der Waals surface area contributed by atoms with E-state index < -0.39 is 0 Å². The number of halogens is 2. The van der Waals surface area contributed by atoms with Gasteiger partial charge in [0, 0.05) is 6.08 Å². The van der Waals surface area contributed by atoms with Crippen LogP contribution >= 0.6 is 32.3 Å². The van der Waals surface area contributed by atoms with E-state index in [0.717, 1.165) is 11.4 Å². The van der Waals surface area contributed by atoms with E-state index in [-0.39, 0.29) is 0 Å². The summed E-state index contributed by atoms with van der Waals surface area (Å²) in [5.74, 6) is 0.688. The van der Waals surface area contributed by atoms with Crippen molar-refractivity contribution in [2.45, 2.75) is 0 Å². The lowest BCUT2D eigenvalue weighted by Gasteiger charge is -2.08. The summed E-state index contributed by atoms with van der Waals surface area (Å²) in [5.41, 5.74) is 1.55. The third-order valence-corrected chi connectivity index (χ3v) is 2.14. The molecule has 1 rings (SSSR count). The molecule has 5 heteroatoms. The summed E-state index contributed by atoms with van der Waals surface area (Å²) >= 11 is 5.99. The molecule has 0 unspecified atom stereocenters. The van der Waals surface area contributed by atoms with E-state index >= 15 is 0 Å². The number of nitrogens with zero attached hydrogens (tertiary/aromatic N) is 2. The van der Waals surface area contributed by atoms with Crippen molar-refractivity contribution in [2.24, 2.45) is 8.04 Å². The van der Waals surface area contributed by atoms with Crippen LogP contribution in [-0.4, -0.2) is 18.5 Å². The Kier molecular flexibility index (Phi) is 3.68. The highest BCUT2D eigenvalue weighted by molar-refractivity contribution is 9.08. The normalized spacial score (nSPS) is 23.1. The van der Waals surface area contributed by atoms with Crippen LogP contribution in [0, 0.1) is 0 Å². The molecule has 1 aliphatic carbocycles. The van der Waals surface area contributed by atoms with Gasteiger partial charge in [-0.3, -0.25) is 0 Å². The summed E-state index contributed by atoms with van der Waals surface area (Å²) < 4.78 is 12.8. The fraction of sp³-hybridized carbons (Fsp3) is 0.143. The summed E-state index contributed by atoms with van der Waals surface area (Å²) in [6.45, 7) is 0. The first-order valence-electron chi connectivity index (χ1n) is 3.14. The van der Waals surface area contributed by atoms with Crippen LogP contribution in [0.2, 0.25) is 0 Å². The van der Waals surface area contributed by atoms with Crippen molar-refractivity contribution in [2.75, 3.05) is 7.11 Å². The van der Waals surface area contributed by atoms with Gasteiger partial charge in [-0.15, -0.1) is 0 Å². The Morgan fingerprint density at radius 2 is 2.00 bits per heavy atom. The molecule has 0 radical (unpaired) electrons. The second kappa shape index (κ2) is 4.57. The maximum absolute atomic E-state index is 5.07. The van der Waals surface area contributed by atoms with Gasteiger partial charge in [0.15, 0.2) is 0 Å². The first-order valence-corrected chi connectivity index (χ1v) is 4.55. The van der Waals surface area contributed by atoms with Gasteiger partial charge in [0.05, 0.1) is 45.1 Å². The second-order valence-corrected chi connectivity index (χ2v) is 2.73. The maximum Gasteiger partial charge on any atom is 0.147 e. The Bertz CT molecular complexity index is 292. The minimum absolute atomic E-state index is 0.688. The first kappa shape index (κ1) is 9.67. The topological polar surface area (TPSA) is 34.0 Å². The smallest absolute Gasteiger partial charge is 0.147 e. The van der Waals surface area contributed by atoms with Crippen LogP contribution in [0.4, 0.5) is 0 Å². The predicted molar refractivity (Wildman–Crippen MR) is 57.0 cm³/mol. The van der Waals surface area contributed by atoms with E-state index in [2.05, 4.69) is 40.3 Å². The van der Waals surface area contributed by atoms with Crippen molar-refractivity contribution >= 4 is 43.7 Å². The largest absolute Gasteiger partial charge is 0.494 e. The number of methoxy groups -OCH3 is 1. The maximum atomic E-state index is 5.07. The lowest BCUT2D eigenvalue weighted by molar-refractivity contribution is 0.316. The summed E-state index contributed by atoms with van der Waals surface area (Å²) in [6.07, 6.45) is 5.43. The van der Waals surface area contributed by atoms with Gasteiger partial charge in [-0.2, -0.15) is 0 Å². The molecule has 3 nitrogen and oxygen atoms in total. The van der Waals surface area contributed by atoms with Crippen LogP contribution in [-0.2, 0) is 4.74 Å². The second-order valence-electron chi connectivity index (χ2n) is 2.03. The minimum Gasteiger partial charge on any atom is -0.494 e. The van der Waals surface area contributed by atoms with Crippen LogP contribution in [0.5, 0.6) is 0 Å². The average molecular weight is 294 g/mol. The summed E-state index contributed by atoms with van der Waals surface area (Å²) in [4.78, 5) is 0. The molecule has 0 saturated heterocycles. The third-order valence-electron chi connectivity index (χ3n) is 1.35. The summed E-state index contributed by atoms with van der Waals surface area (Å²) in [6, 6.07) is 0. The third kappa shape index (κ3) is 2.04. The van der Waals surface area contributed by atoms with Crippen molar-refractivity contribution in [3.8, 4) is 0 Å². The molecule has 0 saturated carbocycles. The molecule has 0 N–H and O–H groups in total. The van der Waals surface area contributed by atoms with Crippen molar-refractivity contribution in [1.82, 2.24) is 0 Å². The van der Waals surface area contributed by atoms with Crippen LogP contribution in [0.25, 0.3) is 0 Å². The first-order chi connectivity index (χ1) is 5.81. The molecule has 1 aliphatic rings. The highest BCUT2D eigenvalue weighted by atomic mass is 79.9. The summed E-state index contributed by atoms with van der Waals surface area (Å²) in [5, 5.41) is 0. The van der Waals surface area contributed by atoms with Crippen LogP contribution < -0.4 is 0 Å². The summed E-state index contributed by atoms with van der Waals surface area (Å²) in [7, 11) is 1.59. The van der Waals surface area contributed by atoms with Crippen molar-refractivity contribution < 1.29 is 4.74 Å². The molecule has 0 bridgehead atoms. The highest BCUT2D eigenvalue weighted by Crippen LogP contribution is 2.10. The lowest BCUT2D eigenvalue weighted by atomic mass is 10.1. The van der Waals surface area contributed by atoms with Crippen LogP contribution in [0.1, 0.15) is 0 Å². The Hall–Kier alpha value is -0.420. The van der Waals surface area contributed by atoms with Crippen LogP contribution in [0.3, 0.4) is 0 Å². The zero-order valence-electron chi connectivity index (χ0n) is 6.29. The van der Waals surface area contributed by atoms with E-state index in [9.17, 15) is 0 Å². The molecule has 0 aliphatic heterocycles. The van der Waals surface area contributed by atoms with Gasteiger partial charge in [0.25, 0.3) is 0 Å². The molecular formula is C7H6Br2N2O. The number of hydrogen-bond acceptors (Lipinski definition) is 3. The van der Waals surface area contributed by atoms with E-state index in [1.165, 1.54) is 0 Å². The van der Waals surface area contributed by atoms with E-state index in [1.54, 1.807) is 13.2 Å². The van der Waals surface area contributed by atoms with Gasteiger partial charge < -0.3 is 4.74 Å². The van der Waals surface area contributed by atoms with E-state index in [0.29, 0.717) is 5.76 Å². The molecule has 0 atom stereocenters. The van der Waals surface area contributed by atoms with Gasteiger partial charge in [0.2, 0.25) is 0 Å². The number of hydrogen-bond donors (Lipinski definition) is 0. The van der Waals surface area contributed by atoms with Crippen molar-refractivity contribution in [1.29, 1.82) is 0 Å². The fourth-order valence-corrected chi connectivity index (χ4v) is 1.30. The molecule has 0 spiro atoms. The zero-order valence-corrected chi connectivity index (χ0v) is 9.46. The minimum atomic E-state index is 0.688. The number of ether oxygens (including phenoxy) is 1. The molecule has 0 amide bonds. The molecule has 12 heavy (non-hydrogen) atoms. The molecule has 0 aromatic rings. The van der Waals surface area contributed by atoms with E-state index in [4.69, 9.17) is 4.74 Å². The average Bonchev–Trinajstić information content (AvgIpc) is 2.16. The highest BCUT2D eigenvalue weighted by Gasteiger charge is 2.09. The molecule has 0 fully saturated rings. The van der Waals surface area contributed by atoms with Gasteiger partial charge >= 0.3 is 0 Å². The molecular weight excluding hydrogens is 288 g/mol. The zero-order chi connectivity index (χ0) is 8.97. The quantitative estimate of drug-likeness (QED) is 0.684.